The van der Waals surface area contributed by atoms with Gasteiger partial charge < -0.3 is 9.47 Å². The number of benzene rings is 3. The highest BCUT2D eigenvalue weighted by Gasteiger charge is 2.41. The third-order valence-electron chi connectivity index (χ3n) is 5.81. The second-order valence-electron chi connectivity index (χ2n) is 8.24. The van der Waals surface area contributed by atoms with Crippen LogP contribution in [0.1, 0.15) is 39.9 Å². The number of carbonyl (C=O) groups excluding carboxylic acids is 2. The first-order valence-corrected chi connectivity index (χ1v) is 11.7. The van der Waals surface area contributed by atoms with Gasteiger partial charge in [0.2, 0.25) is 0 Å². The van der Waals surface area contributed by atoms with Crippen LogP contribution in [0.25, 0.3) is 0 Å². The molecule has 0 aromatic heterocycles. The summed E-state index contributed by atoms with van der Waals surface area (Å²) in [6.45, 7) is 4.01. The number of hydrogen-bond donors (Lipinski definition) is 2. The number of aryl methyl sites for hydroxylation is 1. The van der Waals surface area contributed by atoms with E-state index in [2.05, 4.69) is 21.1 Å². The van der Waals surface area contributed by atoms with Gasteiger partial charge in [0.15, 0.2) is 6.04 Å². The molecule has 2 atom stereocenters. The van der Waals surface area contributed by atoms with E-state index < -0.39 is 17.9 Å². The van der Waals surface area contributed by atoms with Crippen LogP contribution in [0.2, 0.25) is 0 Å². The highest BCUT2D eigenvalue weighted by molar-refractivity contribution is 6.50. The van der Waals surface area contributed by atoms with Crippen molar-refractivity contribution in [1.29, 1.82) is 0 Å². The van der Waals surface area contributed by atoms with Crippen LogP contribution in [0.4, 0.5) is 0 Å². The molecule has 0 aliphatic carbocycles. The fourth-order valence-electron chi connectivity index (χ4n) is 4.06. The van der Waals surface area contributed by atoms with E-state index in [0.717, 1.165) is 16.7 Å². The normalized spacial score (nSPS) is 17.1. The van der Waals surface area contributed by atoms with Crippen LogP contribution < -0.4 is 15.6 Å². The molecular weight excluding hydrogens is 456 g/mol. The molecule has 1 aliphatic rings. The molecular formula is C28H28N4O4. The zero-order valence-electron chi connectivity index (χ0n) is 20.4. The molecule has 1 aliphatic heterocycles. The lowest BCUT2D eigenvalue weighted by molar-refractivity contribution is -0.145. The van der Waals surface area contributed by atoms with Crippen molar-refractivity contribution in [3.05, 3.63) is 101 Å². The Balaban J connectivity index is 1.73. The highest BCUT2D eigenvalue weighted by atomic mass is 16.5. The molecule has 0 fully saturated rings. The lowest BCUT2D eigenvalue weighted by Gasteiger charge is -2.21. The fourth-order valence-corrected chi connectivity index (χ4v) is 4.06. The van der Waals surface area contributed by atoms with Gasteiger partial charge in [0.1, 0.15) is 11.5 Å². The van der Waals surface area contributed by atoms with Crippen LogP contribution in [-0.2, 0) is 9.53 Å². The summed E-state index contributed by atoms with van der Waals surface area (Å²) < 4.78 is 10.5. The maximum atomic E-state index is 12.9. The molecule has 4 rings (SSSR count). The largest absolute Gasteiger partial charge is 0.497 e. The van der Waals surface area contributed by atoms with Crippen LogP contribution in [-0.4, -0.2) is 43.1 Å². The minimum atomic E-state index is -0.729. The highest BCUT2D eigenvalue weighted by Crippen LogP contribution is 2.29. The van der Waals surface area contributed by atoms with Crippen molar-refractivity contribution < 1.29 is 19.1 Å². The number of carbonyl (C=O) groups is 2. The van der Waals surface area contributed by atoms with E-state index in [4.69, 9.17) is 9.47 Å². The van der Waals surface area contributed by atoms with Gasteiger partial charge in [0.25, 0.3) is 5.91 Å². The Hall–Kier alpha value is -4.46. The van der Waals surface area contributed by atoms with Gasteiger partial charge in [0.05, 0.1) is 25.3 Å². The van der Waals surface area contributed by atoms with E-state index >= 15 is 0 Å². The quantitative estimate of drug-likeness (QED) is 0.288. The molecule has 3 aromatic rings. The number of esters is 1. The van der Waals surface area contributed by atoms with Crippen LogP contribution in [0, 0.1) is 6.92 Å². The van der Waals surface area contributed by atoms with Crippen molar-refractivity contribution in [3.63, 3.8) is 0 Å². The van der Waals surface area contributed by atoms with E-state index in [1.54, 1.807) is 38.3 Å². The molecule has 36 heavy (non-hydrogen) atoms. The van der Waals surface area contributed by atoms with E-state index in [1.807, 2.05) is 61.5 Å². The molecule has 3 aromatic carbocycles. The van der Waals surface area contributed by atoms with Gasteiger partial charge >= 0.3 is 5.97 Å². The number of amides is 1. The van der Waals surface area contributed by atoms with Gasteiger partial charge in [0, 0.05) is 11.1 Å². The Morgan fingerprint density at radius 3 is 2.42 bits per heavy atom. The number of hydrogen-bond acceptors (Lipinski definition) is 7. The minimum absolute atomic E-state index is 0.254. The third-order valence-corrected chi connectivity index (χ3v) is 5.81. The second kappa shape index (κ2) is 11.3. The molecule has 184 valence electrons. The van der Waals surface area contributed by atoms with Gasteiger partial charge in [-0.25, -0.2) is 10.2 Å². The zero-order valence-corrected chi connectivity index (χ0v) is 20.4. The van der Waals surface area contributed by atoms with E-state index in [0.29, 0.717) is 22.7 Å². The SMILES string of the molecule is CCOC(=O)C1NN=C(/C(=N/NC(=O)c2ccc(OC)cc2)c2ccccc2)C1c1cccc(C)c1. The first-order chi connectivity index (χ1) is 17.5. The van der Waals surface area contributed by atoms with Crippen molar-refractivity contribution in [1.82, 2.24) is 10.9 Å². The molecule has 2 N–H and O–H groups in total. The lowest BCUT2D eigenvalue weighted by atomic mass is 9.84. The first kappa shape index (κ1) is 24.7. The van der Waals surface area contributed by atoms with Gasteiger partial charge in [-0.05, 0) is 43.7 Å². The van der Waals surface area contributed by atoms with Gasteiger partial charge in [-0.3, -0.25) is 10.2 Å². The maximum absolute atomic E-state index is 12.9. The number of rotatable bonds is 8. The summed E-state index contributed by atoms with van der Waals surface area (Å²) in [4.78, 5) is 25.7. The topological polar surface area (TPSA) is 101 Å². The van der Waals surface area contributed by atoms with Crippen molar-refractivity contribution in [2.75, 3.05) is 13.7 Å². The Kier molecular flexibility index (Phi) is 7.75. The van der Waals surface area contributed by atoms with Gasteiger partial charge in [-0.2, -0.15) is 10.2 Å². The van der Waals surface area contributed by atoms with Crippen LogP contribution in [0.3, 0.4) is 0 Å². The first-order valence-electron chi connectivity index (χ1n) is 11.7. The molecule has 1 heterocycles. The van der Waals surface area contributed by atoms with Gasteiger partial charge in [-0.1, -0.05) is 60.2 Å². The Morgan fingerprint density at radius 1 is 1.00 bits per heavy atom. The number of hydrazone groups is 2. The summed E-state index contributed by atoms with van der Waals surface area (Å²) in [5.41, 5.74) is 9.68. The average molecular weight is 485 g/mol. The molecule has 8 heteroatoms. The Bertz CT molecular complexity index is 1290. The standard InChI is InChI=1S/C28H28N4O4/c1-4-36-28(34)26-23(21-12-8-9-18(2)17-21)25(30-31-26)24(19-10-6-5-7-11-19)29-32-27(33)20-13-15-22(35-3)16-14-20/h5-17,23,26,31H,4H2,1-3H3,(H,32,33)/b29-24+. The molecule has 2 unspecified atom stereocenters. The maximum Gasteiger partial charge on any atom is 0.331 e. The summed E-state index contributed by atoms with van der Waals surface area (Å²) in [7, 11) is 1.57. The number of nitrogens with zero attached hydrogens (tertiary/aromatic N) is 2. The van der Waals surface area contributed by atoms with Crippen molar-refractivity contribution in [3.8, 4) is 5.75 Å². The van der Waals surface area contributed by atoms with Crippen molar-refractivity contribution in [2.45, 2.75) is 25.8 Å². The molecule has 0 spiro atoms. The van der Waals surface area contributed by atoms with Crippen LogP contribution in [0.5, 0.6) is 5.75 Å². The monoisotopic (exact) mass is 484 g/mol. The summed E-state index contributed by atoms with van der Waals surface area (Å²) in [6, 6.07) is 23.3. The van der Waals surface area contributed by atoms with Crippen molar-refractivity contribution in [2.24, 2.45) is 10.2 Å². The Labute approximate surface area is 210 Å². The van der Waals surface area contributed by atoms with E-state index in [-0.39, 0.29) is 12.5 Å². The molecule has 0 saturated carbocycles. The lowest BCUT2D eigenvalue weighted by Crippen LogP contribution is -2.39. The second-order valence-corrected chi connectivity index (χ2v) is 8.24. The molecule has 0 bridgehead atoms. The number of ether oxygens (including phenoxy) is 2. The molecule has 8 nitrogen and oxygen atoms in total. The summed E-state index contributed by atoms with van der Waals surface area (Å²) in [5.74, 6) is -0.609. The van der Waals surface area contributed by atoms with Crippen LogP contribution in [0.15, 0.2) is 89.1 Å². The third kappa shape index (κ3) is 5.43. The summed E-state index contributed by atoms with van der Waals surface area (Å²) >= 11 is 0. The van der Waals surface area contributed by atoms with Crippen LogP contribution >= 0.6 is 0 Å². The minimum Gasteiger partial charge on any atom is -0.497 e. The predicted molar refractivity (Wildman–Crippen MR) is 138 cm³/mol. The molecule has 1 amide bonds. The Morgan fingerprint density at radius 2 is 1.75 bits per heavy atom. The van der Waals surface area contributed by atoms with E-state index in [1.165, 1.54) is 0 Å². The smallest absolute Gasteiger partial charge is 0.331 e. The van der Waals surface area contributed by atoms with Gasteiger partial charge in [-0.15, -0.1) is 0 Å². The van der Waals surface area contributed by atoms with Crippen molar-refractivity contribution >= 4 is 23.3 Å². The van der Waals surface area contributed by atoms with E-state index in [9.17, 15) is 9.59 Å². The number of nitrogens with one attached hydrogen (secondary N) is 2. The number of methoxy groups -OCH3 is 1. The summed E-state index contributed by atoms with van der Waals surface area (Å²) in [6.07, 6.45) is 0. The average Bonchev–Trinajstić information content (AvgIpc) is 3.34. The fraction of sp³-hybridized carbons (Fsp3) is 0.214. The molecule has 0 saturated heterocycles. The predicted octanol–water partition coefficient (Wildman–Crippen LogP) is 3.81. The summed E-state index contributed by atoms with van der Waals surface area (Å²) in [5, 5.41) is 9.02. The zero-order chi connectivity index (χ0) is 25.5. The molecule has 0 radical (unpaired) electrons.